The van der Waals surface area contributed by atoms with Crippen LogP contribution in [-0.4, -0.2) is 27.7 Å². The van der Waals surface area contributed by atoms with E-state index in [0.717, 1.165) is 10.9 Å². The number of carbonyl (C=O) groups excluding carboxylic acids is 2. The van der Waals surface area contributed by atoms with Crippen LogP contribution in [0, 0.1) is 6.92 Å². The lowest BCUT2D eigenvalue weighted by atomic mass is 10.2. The van der Waals surface area contributed by atoms with Crippen LogP contribution < -0.4 is 5.32 Å². The van der Waals surface area contributed by atoms with Crippen molar-refractivity contribution in [3.8, 4) is 0 Å². The molecule has 0 saturated carbocycles. The van der Waals surface area contributed by atoms with Crippen LogP contribution in [0.25, 0.3) is 10.9 Å². The summed E-state index contributed by atoms with van der Waals surface area (Å²) in [4.78, 5) is 24.7. The summed E-state index contributed by atoms with van der Waals surface area (Å²) in [7, 11) is 1.77. The number of fused-ring (bicyclic) bond motifs is 1. The molecular weight excluding hydrogens is 390 g/mol. The van der Waals surface area contributed by atoms with E-state index in [1.807, 2.05) is 24.3 Å². The molecule has 2 heterocycles. The number of nitrogens with one attached hydrogen (secondary N) is 1. The Kier molecular flexibility index (Phi) is 4.63. The summed E-state index contributed by atoms with van der Waals surface area (Å²) < 4.78 is 12.6. The molecular formula is C17H16BrN3O4. The van der Waals surface area contributed by atoms with Crippen LogP contribution in [0.2, 0.25) is 0 Å². The van der Waals surface area contributed by atoms with E-state index >= 15 is 0 Å². The molecule has 1 amide bonds. The molecule has 0 spiro atoms. The monoisotopic (exact) mass is 405 g/mol. The number of aryl methyl sites for hydroxylation is 2. The van der Waals surface area contributed by atoms with Crippen LogP contribution in [0.1, 0.15) is 23.1 Å². The minimum atomic E-state index is -0.997. The number of ether oxygens (including phenoxy) is 1. The minimum Gasteiger partial charge on any atom is -0.448 e. The van der Waals surface area contributed by atoms with Gasteiger partial charge in [-0.05, 0) is 35.8 Å². The maximum absolute atomic E-state index is 12.5. The number of carbonyl (C=O) groups is 2. The van der Waals surface area contributed by atoms with E-state index in [0.29, 0.717) is 15.9 Å². The van der Waals surface area contributed by atoms with E-state index in [1.165, 1.54) is 6.92 Å². The van der Waals surface area contributed by atoms with Crippen molar-refractivity contribution in [3.63, 3.8) is 0 Å². The summed E-state index contributed by atoms with van der Waals surface area (Å²) in [6.07, 6.45) is -0.997. The molecule has 2 aromatic heterocycles. The Morgan fingerprint density at radius 2 is 2.08 bits per heavy atom. The fourth-order valence-corrected chi connectivity index (χ4v) is 3.25. The highest BCUT2D eigenvalue weighted by atomic mass is 79.9. The van der Waals surface area contributed by atoms with Crippen LogP contribution >= 0.6 is 15.9 Å². The third kappa shape index (κ3) is 3.30. The molecule has 1 atom stereocenters. The summed E-state index contributed by atoms with van der Waals surface area (Å²) in [5.74, 6) is -0.891. The third-order valence-corrected chi connectivity index (χ3v) is 4.57. The number of hydrogen-bond donors (Lipinski definition) is 1. The number of para-hydroxylation sites is 1. The van der Waals surface area contributed by atoms with Crippen molar-refractivity contribution < 1.29 is 18.8 Å². The summed E-state index contributed by atoms with van der Waals surface area (Å²) in [5.41, 5.74) is 1.87. The number of nitrogens with zero attached hydrogens (tertiary/aromatic N) is 2. The van der Waals surface area contributed by atoms with Gasteiger partial charge in [-0.25, -0.2) is 4.79 Å². The Bertz CT molecular complexity index is 921. The first kappa shape index (κ1) is 17.2. The largest absolute Gasteiger partial charge is 0.448 e. The fraction of sp³-hybridized carbons (Fsp3) is 0.235. The Balaban J connectivity index is 1.76. The Labute approximate surface area is 152 Å². The molecule has 0 aliphatic carbocycles. The second-order valence-corrected chi connectivity index (χ2v) is 6.40. The maximum atomic E-state index is 12.5. The molecule has 0 saturated heterocycles. The van der Waals surface area contributed by atoms with Gasteiger partial charge < -0.3 is 13.8 Å². The predicted octanol–water partition coefficient (Wildman–Crippen LogP) is 3.42. The third-order valence-electron chi connectivity index (χ3n) is 3.77. The Morgan fingerprint density at radius 1 is 1.36 bits per heavy atom. The number of aromatic nitrogens is 2. The van der Waals surface area contributed by atoms with Crippen molar-refractivity contribution in [1.82, 2.24) is 9.72 Å². The van der Waals surface area contributed by atoms with E-state index in [4.69, 9.17) is 9.26 Å². The number of benzene rings is 1. The topological polar surface area (TPSA) is 86.4 Å². The molecule has 8 heteroatoms. The second kappa shape index (κ2) is 6.72. The first-order valence-corrected chi connectivity index (χ1v) is 8.36. The standard InChI is InChI=1S/C17H16BrN3O4/c1-9-8-13(25-20-9)19-16(22)10(2)24-17(23)15-14(18)11-6-4-5-7-12(11)21(15)3/h4-8,10H,1-3H3,(H,19,22). The minimum absolute atomic E-state index is 0.205. The molecule has 0 bridgehead atoms. The highest BCUT2D eigenvalue weighted by Gasteiger charge is 2.25. The zero-order valence-electron chi connectivity index (χ0n) is 13.9. The average molecular weight is 406 g/mol. The van der Waals surface area contributed by atoms with Gasteiger partial charge in [0, 0.05) is 24.0 Å². The fourth-order valence-electron chi connectivity index (χ4n) is 2.49. The molecule has 3 aromatic rings. The number of halogens is 1. The maximum Gasteiger partial charge on any atom is 0.356 e. The quantitative estimate of drug-likeness (QED) is 0.671. The molecule has 0 fully saturated rings. The lowest BCUT2D eigenvalue weighted by Gasteiger charge is -2.13. The average Bonchev–Trinajstić information content (AvgIpc) is 3.09. The molecule has 0 radical (unpaired) electrons. The number of hydrogen-bond acceptors (Lipinski definition) is 5. The molecule has 0 aliphatic rings. The molecule has 25 heavy (non-hydrogen) atoms. The van der Waals surface area contributed by atoms with Gasteiger partial charge in [-0.1, -0.05) is 23.4 Å². The van der Waals surface area contributed by atoms with Gasteiger partial charge in [0.2, 0.25) is 5.88 Å². The van der Waals surface area contributed by atoms with Gasteiger partial charge in [0.25, 0.3) is 5.91 Å². The number of anilines is 1. The van der Waals surface area contributed by atoms with Crippen molar-refractivity contribution >= 4 is 44.6 Å². The lowest BCUT2D eigenvalue weighted by molar-refractivity contribution is -0.124. The van der Waals surface area contributed by atoms with E-state index in [-0.39, 0.29) is 5.88 Å². The SMILES string of the molecule is Cc1cc(NC(=O)C(C)OC(=O)c2c(Br)c3ccccc3n2C)on1. The van der Waals surface area contributed by atoms with Gasteiger partial charge in [-0.3, -0.25) is 10.1 Å². The van der Waals surface area contributed by atoms with Gasteiger partial charge in [-0.2, -0.15) is 0 Å². The van der Waals surface area contributed by atoms with E-state index in [1.54, 1.807) is 24.6 Å². The summed E-state index contributed by atoms with van der Waals surface area (Å²) in [5, 5.41) is 7.08. The Morgan fingerprint density at radius 3 is 2.72 bits per heavy atom. The van der Waals surface area contributed by atoms with Crippen LogP contribution in [-0.2, 0) is 16.6 Å². The summed E-state index contributed by atoms with van der Waals surface area (Å²) >= 11 is 3.44. The normalized spacial score (nSPS) is 12.2. The smallest absolute Gasteiger partial charge is 0.356 e. The summed E-state index contributed by atoms with van der Waals surface area (Å²) in [6.45, 7) is 3.23. The second-order valence-electron chi connectivity index (χ2n) is 5.61. The first-order chi connectivity index (χ1) is 11.9. The molecule has 3 rings (SSSR count). The van der Waals surface area contributed by atoms with Crippen LogP contribution in [0.15, 0.2) is 39.3 Å². The van der Waals surface area contributed by atoms with Crippen molar-refractivity contribution in [2.75, 3.05) is 5.32 Å². The van der Waals surface area contributed by atoms with Crippen molar-refractivity contribution in [1.29, 1.82) is 0 Å². The van der Waals surface area contributed by atoms with Gasteiger partial charge in [0.15, 0.2) is 6.10 Å². The van der Waals surface area contributed by atoms with E-state index < -0.39 is 18.0 Å². The van der Waals surface area contributed by atoms with E-state index in [2.05, 4.69) is 26.4 Å². The molecule has 1 unspecified atom stereocenters. The molecule has 0 aliphatic heterocycles. The van der Waals surface area contributed by atoms with E-state index in [9.17, 15) is 9.59 Å². The molecule has 1 N–H and O–H groups in total. The van der Waals surface area contributed by atoms with Crippen molar-refractivity contribution in [3.05, 3.63) is 46.2 Å². The summed E-state index contributed by atoms with van der Waals surface area (Å²) in [6, 6.07) is 9.15. The number of esters is 1. The van der Waals surface area contributed by atoms with Crippen molar-refractivity contribution in [2.24, 2.45) is 7.05 Å². The van der Waals surface area contributed by atoms with Gasteiger partial charge in [-0.15, -0.1) is 0 Å². The number of rotatable bonds is 4. The highest BCUT2D eigenvalue weighted by Crippen LogP contribution is 2.30. The molecule has 7 nitrogen and oxygen atoms in total. The van der Waals surface area contributed by atoms with Gasteiger partial charge in [0.1, 0.15) is 5.69 Å². The van der Waals surface area contributed by atoms with Crippen LogP contribution in [0.3, 0.4) is 0 Å². The highest BCUT2D eigenvalue weighted by molar-refractivity contribution is 9.10. The van der Waals surface area contributed by atoms with Gasteiger partial charge in [0.05, 0.1) is 10.2 Å². The van der Waals surface area contributed by atoms with Crippen LogP contribution in [0.5, 0.6) is 0 Å². The Hall–Kier alpha value is -2.61. The number of amides is 1. The predicted molar refractivity (Wildman–Crippen MR) is 95.4 cm³/mol. The lowest BCUT2D eigenvalue weighted by Crippen LogP contribution is -2.30. The van der Waals surface area contributed by atoms with Crippen LogP contribution in [0.4, 0.5) is 5.88 Å². The molecule has 1 aromatic carbocycles. The first-order valence-electron chi connectivity index (χ1n) is 7.56. The molecule has 130 valence electrons. The zero-order valence-corrected chi connectivity index (χ0v) is 15.5. The van der Waals surface area contributed by atoms with Crippen molar-refractivity contribution in [2.45, 2.75) is 20.0 Å². The van der Waals surface area contributed by atoms with Gasteiger partial charge >= 0.3 is 5.97 Å². The zero-order chi connectivity index (χ0) is 18.1.